The van der Waals surface area contributed by atoms with E-state index >= 15 is 0 Å². The van der Waals surface area contributed by atoms with Crippen molar-refractivity contribution in [1.82, 2.24) is 10.1 Å². The molecule has 0 N–H and O–H groups in total. The number of nitrogens with zero attached hydrogens (tertiary/aromatic N) is 5. The molecular formula is C13H17N5O4. The van der Waals surface area contributed by atoms with E-state index in [1.54, 1.807) is 6.07 Å². The summed E-state index contributed by atoms with van der Waals surface area (Å²) in [6, 6.07) is 2.97. The molecule has 2 aromatic rings. The van der Waals surface area contributed by atoms with Gasteiger partial charge < -0.3 is 10.1 Å². The van der Waals surface area contributed by atoms with Crippen molar-refractivity contribution in [2.24, 2.45) is 0 Å². The van der Waals surface area contributed by atoms with Crippen molar-refractivity contribution in [3.05, 3.63) is 27.5 Å². The van der Waals surface area contributed by atoms with Crippen molar-refractivity contribution < 1.29 is 14.5 Å². The predicted molar refractivity (Wildman–Crippen MR) is 78.6 cm³/mol. The Hall–Kier alpha value is -2.42. The van der Waals surface area contributed by atoms with Gasteiger partial charge in [-0.25, -0.2) is 0 Å². The molecule has 2 heterocycles. The van der Waals surface area contributed by atoms with Crippen LogP contribution in [0.15, 0.2) is 16.8 Å². The molecule has 0 amide bonds. The van der Waals surface area contributed by atoms with Crippen LogP contribution in [0.4, 0.5) is 11.4 Å². The molecule has 118 valence electrons. The summed E-state index contributed by atoms with van der Waals surface area (Å²) < 4.78 is 4.57. The second-order valence-corrected chi connectivity index (χ2v) is 5.32. The van der Waals surface area contributed by atoms with E-state index in [1.807, 2.05) is 4.90 Å². The molecule has 1 aliphatic heterocycles. The van der Waals surface area contributed by atoms with Gasteiger partial charge in [0.15, 0.2) is 0 Å². The van der Waals surface area contributed by atoms with Crippen LogP contribution in [0, 0.1) is 15.3 Å². The zero-order chi connectivity index (χ0) is 15.7. The zero-order valence-corrected chi connectivity index (χ0v) is 12.3. The van der Waals surface area contributed by atoms with Crippen LogP contribution in [0.3, 0.4) is 0 Å². The first-order chi connectivity index (χ1) is 10.6. The minimum Gasteiger partial charge on any atom is -0.365 e. The predicted octanol–water partition coefficient (Wildman–Crippen LogP) is 0.901. The standard InChI is InChI=1S/C13H17N5O4/c1-2-5-15-6-8-16(9-7-15)11-4-3-10(17(19)20)12-13(11)18(21)22-14-12/h3-4H,2,5-9H2,1H3. The lowest BCUT2D eigenvalue weighted by Gasteiger charge is -2.35. The van der Waals surface area contributed by atoms with Crippen molar-refractivity contribution in [1.29, 1.82) is 0 Å². The Bertz CT molecular complexity index is 693. The van der Waals surface area contributed by atoms with Crippen LogP contribution >= 0.6 is 0 Å². The molecule has 1 saturated heterocycles. The third-order valence-electron chi connectivity index (χ3n) is 3.95. The molecular weight excluding hydrogens is 290 g/mol. The molecule has 0 radical (unpaired) electrons. The molecule has 0 spiro atoms. The molecule has 9 nitrogen and oxygen atoms in total. The Labute approximate surface area is 126 Å². The summed E-state index contributed by atoms with van der Waals surface area (Å²) in [5.74, 6) is 0. The van der Waals surface area contributed by atoms with Gasteiger partial charge in [-0.05, 0) is 23.9 Å². The van der Waals surface area contributed by atoms with Crippen molar-refractivity contribution in [3.8, 4) is 0 Å². The lowest BCUT2D eigenvalue weighted by molar-refractivity contribution is -0.782. The number of hydrogen-bond donors (Lipinski definition) is 0. The van der Waals surface area contributed by atoms with Gasteiger partial charge in [-0.2, -0.15) is 0 Å². The maximum Gasteiger partial charge on any atom is 0.327 e. The number of non-ortho nitro benzene ring substituents is 1. The Morgan fingerprint density at radius 3 is 2.73 bits per heavy atom. The summed E-state index contributed by atoms with van der Waals surface area (Å²) in [6.45, 7) is 6.52. The number of nitro groups is 1. The molecule has 0 aliphatic carbocycles. The van der Waals surface area contributed by atoms with Gasteiger partial charge in [0.1, 0.15) is 0 Å². The van der Waals surface area contributed by atoms with Gasteiger partial charge in [0, 0.05) is 32.2 Å². The molecule has 3 rings (SSSR count). The summed E-state index contributed by atoms with van der Waals surface area (Å²) in [6.07, 6.45) is 1.11. The zero-order valence-electron chi connectivity index (χ0n) is 12.3. The number of benzene rings is 1. The fourth-order valence-corrected chi connectivity index (χ4v) is 2.88. The highest BCUT2D eigenvalue weighted by Crippen LogP contribution is 2.30. The first kappa shape index (κ1) is 14.5. The highest BCUT2D eigenvalue weighted by Gasteiger charge is 2.29. The SMILES string of the molecule is CCCN1CCN(c2ccc([N+](=O)[O-])c3no[n+]([O-])c23)CC1. The molecule has 0 saturated carbocycles. The van der Waals surface area contributed by atoms with Gasteiger partial charge in [0.05, 0.1) is 15.8 Å². The maximum atomic E-state index is 11.8. The number of rotatable bonds is 4. The van der Waals surface area contributed by atoms with E-state index in [-0.39, 0.29) is 21.6 Å². The molecule has 0 unspecified atom stereocenters. The summed E-state index contributed by atoms with van der Waals surface area (Å²) in [5.41, 5.74) is 0.529. The van der Waals surface area contributed by atoms with Crippen LogP contribution in [-0.4, -0.2) is 47.7 Å². The third kappa shape index (κ3) is 2.43. The molecule has 1 aliphatic rings. The van der Waals surface area contributed by atoms with Crippen molar-refractivity contribution in [3.63, 3.8) is 0 Å². The van der Waals surface area contributed by atoms with Crippen LogP contribution in [-0.2, 0) is 0 Å². The molecule has 1 fully saturated rings. The Balaban J connectivity index is 1.94. The van der Waals surface area contributed by atoms with Crippen LogP contribution < -0.4 is 9.80 Å². The van der Waals surface area contributed by atoms with Gasteiger partial charge in [0.2, 0.25) is 0 Å². The average molecular weight is 307 g/mol. The summed E-state index contributed by atoms with van der Waals surface area (Å²) >= 11 is 0. The van der Waals surface area contributed by atoms with E-state index in [0.29, 0.717) is 5.69 Å². The normalized spacial score (nSPS) is 16.3. The van der Waals surface area contributed by atoms with Crippen LogP contribution in [0.25, 0.3) is 11.0 Å². The van der Waals surface area contributed by atoms with Crippen LogP contribution in [0.1, 0.15) is 13.3 Å². The Morgan fingerprint density at radius 2 is 2.09 bits per heavy atom. The van der Waals surface area contributed by atoms with E-state index in [0.717, 1.165) is 39.1 Å². The Morgan fingerprint density at radius 1 is 1.36 bits per heavy atom. The number of piperazine rings is 1. The van der Waals surface area contributed by atoms with E-state index in [9.17, 15) is 15.3 Å². The highest BCUT2D eigenvalue weighted by molar-refractivity contribution is 5.91. The second-order valence-electron chi connectivity index (χ2n) is 5.32. The second kappa shape index (κ2) is 5.76. The molecule has 1 aromatic heterocycles. The van der Waals surface area contributed by atoms with E-state index in [4.69, 9.17) is 0 Å². The Kier molecular flexibility index (Phi) is 3.80. The van der Waals surface area contributed by atoms with Gasteiger partial charge >= 0.3 is 11.2 Å². The monoisotopic (exact) mass is 307 g/mol. The largest absolute Gasteiger partial charge is 0.365 e. The molecule has 0 bridgehead atoms. The molecule has 22 heavy (non-hydrogen) atoms. The fourth-order valence-electron chi connectivity index (χ4n) is 2.88. The molecule has 0 atom stereocenters. The number of hydrogen-bond acceptors (Lipinski definition) is 7. The molecule has 1 aromatic carbocycles. The average Bonchev–Trinajstić information content (AvgIpc) is 2.90. The van der Waals surface area contributed by atoms with Crippen molar-refractivity contribution in [2.45, 2.75) is 13.3 Å². The summed E-state index contributed by atoms with van der Waals surface area (Å²) in [5, 5.41) is 26.4. The van der Waals surface area contributed by atoms with Gasteiger partial charge in [-0.1, -0.05) is 6.92 Å². The first-order valence-corrected chi connectivity index (χ1v) is 7.26. The minimum absolute atomic E-state index is 0.00603. The number of aromatic nitrogens is 2. The topological polar surface area (TPSA) is 103 Å². The summed E-state index contributed by atoms with van der Waals surface area (Å²) in [4.78, 5) is 15.1. The fraction of sp³-hybridized carbons (Fsp3) is 0.538. The maximum absolute atomic E-state index is 11.8. The van der Waals surface area contributed by atoms with Crippen molar-refractivity contribution in [2.75, 3.05) is 37.6 Å². The van der Waals surface area contributed by atoms with E-state index in [1.165, 1.54) is 6.07 Å². The quantitative estimate of drug-likeness (QED) is 0.469. The van der Waals surface area contributed by atoms with Gasteiger partial charge in [0.25, 0.3) is 5.52 Å². The van der Waals surface area contributed by atoms with Crippen LogP contribution in [0.5, 0.6) is 0 Å². The lowest BCUT2D eigenvalue weighted by atomic mass is 10.2. The number of anilines is 1. The van der Waals surface area contributed by atoms with Gasteiger partial charge in [-0.15, -0.1) is 0 Å². The van der Waals surface area contributed by atoms with Crippen molar-refractivity contribution >= 4 is 22.4 Å². The number of fused-ring (bicyclic) bond motifs is 1. The van der Waals surface area contributed by atoms with Gasteiger partial charge in [-0.3, -0.25) is 19.6 Å². The highest BCUT2D eigenvalue weighted by atomic mass is 16.8. The lowest BCUT2D eigenvalue weighted by Crippen LogP contribution is -2.47. The van der Waals surface area contributed by atoms with E-state index < -0.39 is 4.92 Å². The van der Waals surface area contributed by atoms with Crippen LogP contribution in [0.2, 0.25) is 0 Å². The molecule has 9 heteroatoms. The van der Waals surface area contributed by atoms with E-state index in [2.05, 4.69) is 21.6 Å². The smallest absolute Gasteiger partial charge is 0.327 e. The number of nitro benzene ring substituents is 1. The third-order valence-corrected chi connectivity index (χ3v) is 3.95. The summed E-state index contributed by atoms with van der Waals surface area (Å²) in [7, 11) is 0. The first-order valence-electron chi connectivity index (χ1n) is 7.26. The minimum atomic E-state index is -0.562.